The maximum absolute atomic E-state index is 11.5. The predicted molar refractivity (Wildman–Crippen MR) is 61.0 cm³/mol. The average molecular weight is 235 g/mol. The summed E-state index contributed by atoms with van der Waals surface area (Å²) in [5.41, 5.74) is 0.611. The Morgan fingerprint density at radius 1 is 1.35 bits per heavy atom. The molecule has 1 amide bonds. The fourth-order valence-electron chi connectivity index (χ4n) is 1.27. The molecule has 0 saturated heterocycles. The number of carbonyl (C=O) groups is 2. The van der Waals surface area contributed by atoms with E-state index < -0.39 is 18.1 Å². The van der Waals surface area contributed by atoms with Crippen LogP contribution in [0.25, 0.3) is 0 Å². The summed E-state index contributed by atoms with van der Waals surface area (Å²) in [5, 5.41) is 2.38. The maximum atomic E-state index is 11.5. The van der Waals surface area contributed by atoms with Gasteiger partial charge in [0.2, 0.25) is 0 Å². The van der Waals surface area contributed by atoms with Crippen LogP contribution >= 0.6 is 0 Å². The molecule has 0 fully saturated rings. The Hall–Kier alpha value is -2.30. The molecule has 1 rings (SSSR count). The largest absolute Gasteiger partial charge is 0.467 e. The zero-order chi connectivity index (χ0) is 12.7. The number of amides is 1. The van der Waals surface area contributed by atoms with Gasteiger partial charge in [-0.2, -0.15) is 0 Å². The molecule has 0 radical (unpaired) electrons. The van der Waals surface area contributed by atoms with Gasteiger partial charge in [0.05, 0.1) is 13.4 Å². The van der Waals surface area contributed by atoms with E-state index in [4.69, 9.17) is 0 Å². The molecule has 0 heterocycles. The Kier molecular flexibility index (Phi) is 4.75. The van der Waals surface area contributed by atoms with Crippen molar-refractivity contribution in [2.24, 2.45) is 0 Å². The van der Waals surface area contributed by atoms with Crippen molar-refractivity contribution in [3.63, 3.8) is 0 Å². The number of esters is 1. The monoisotopic (exact) mass is 235 g/mol. The van der Waals surface area contributed by atoms with Gasteiger partial charge in [-0.1, -0.05) is 36.9 Å². The second-order valence-electron chi connectivity index (χ2n) is 3.08. The smallest absolute Gasteiger partial charge is 0.412 e. The van der Waals surface area contributed by atoms with Gasteiger partial charge in [0.1, 0.15) is 0 Å². The molecule has 1 aromatic rings. The van der Waals surface area contributed by atoms with Gasteiger partial charge in [-0.25, -0.2) is 9.59 Å². The second kappa shape index (κ2) is 6.32. The standard InChI is InChI=1S/C12H13NO4/c1-3-17-12(15)13-10(11(14)16-2)9-7-5-4-6-8-9/h3-8,10H,1H2,2H3,(H,13,15)/t10-/m1/s1. The highest BCUT2D eigenvalue weighted by Gasteiger charge is 2.23. The number of ether oxygens (including phenoxy) is 2. The van der Waals surface area contributed by atoms with Crippen molar-refractivity contribution >= 4 is 12.1 Å². The lowest BCUT2D eigenvalue weighted by Crippen LogP contribution is -2.34. The molecule has 1 aromatic carbocycles. The van der Waals surface area contributed by atoms with Crippen LogP contribution in [-0.4, -0.2) is 19.2 Å². The van der Waals surface area contributed by atoms with E-state index in [2.05, 4.69) is 21.4 Å². The Balaban J connectivity index is 2.85. The SMILES string of the molecule is C=COC(=O)N[C@@H](C(=O)OC)c1ccccc1. The number of hydrogen-bond acceptors (Lipinski definition) is 4. The van der Waals surface area contributed by atoms with Crippen molar-refractivity contribution in [1.82, 2.24) is 5.32 Å². The van der Waals surface area contributed by atoms with Gasteiger partial charge >= 0.3 is 12.1 Å². The lowest BCUT2D eigenvalue weighted by Gasteiger charge is -2.15. The highest BCUT2D eigenvalue weighted by atomic mass is 16.5. The first kappa shape index (κ1) is 12.8. The van der Waals surface area contributed by atoms with Crippen LogP contribution in [0.4, 0.5) is 4.79 Å². The van der Waals surface area contributed by atoms with Gasteiger partial charge in [-0.3, -0.25) is 0 Å². The third-order valence-electron chi connectivity index (χ3n) is 2.02. The molecular formula is C12H13NO4. The molecule has 0 aliphatic heterocycles. The van der Waals surface area contributed by atoms with E-state index >= 15 is 0 Å². The van der Waals surface area contributed by atoms with Crippen molar-refractivity contribution in [2.45, 2.75) is 6.04 Å². The van der Waals surface area contributed by atoms with E-state index in [-0.39, 0.29) is 0 Å². The molecule has 5 heteroatoms. The Morgan fingerprint density at radius 3 is 2.53 bits per heavy atom. The molecule has 0 bridgehead atoms. The third-order valence-corrected chi connectivity index (χ3v) is 2.02. The van der Waals surface area contributed by atoms with Crippen molar-refractivity contribution in [3.8, 4) is 0 Å². The van der Waals surface area contributed by atoms with Crippen molar-refractivity contribution < 1.29 is 19.1 Å². The van der Waals surface area contributed by atoms with Crippen molar-refractivity contribution in [2.75, 3.05) is 7.11 Å². The van der Waals surface area contributed by atoms with Crippen LogP contribution in [0.3, 0.4) is 0 Å². The Morgan fingerprint density at radius 2 is 2.00 bits per heavy atom. The van der Waals surface area contributed by atoms with Crippen LogP contribution in [0, 0.1) is 0 Å². The fourth-order valence-corrected chi connectivity index (χ4v) is 1.27. The molecule has 0 spiro atoms. The normalized spacial score (nSPS) is 11.1. The minimum atomic E-state index is -0.895. The second-order valence-corrected chi connectivity index (χ2v) is 3.08. The predicted octanol–water partition coefficient (Wildman–Crippen LogP) is 1.77. The quantitative estimate of drug-likeness (QED) is 0.638. The van der Waals surface area contributed by atoms with Gasteiger partial charge in [0, 0.05) is 0 Å². The number of nitrogens with one attached hydrogen (secondary N) is 1. The number of carbonyl (C=O) groups excluding carboxylic acids is 2. The number of methoxy groups -OCH3 is 1. The number of hydrogen-bond donors (Lipinski definition) is 1. The van der Waals surface area contributed by atoms with E-state index in [1.807, 2.05) is 0 Å². The first-order valence-electron chi connectivity index (χ1n) is 4.90. The number of alkyl carbamates (subject to hydrolysis) is 1. The highest BCUT2D eigenvalue weighted by molar-refractivity contribution is 5.82. The Bertz CT molecular complexity index is 402. The molecule has 0 saturated carbocycles. The topological polar surface area (TPSA) is 64.6 Å². The minimum Gasteiger partial charge on any atom is -0.467 e. The first-order valence-corrected chi connectivity index (χ1v) is 4.90. The fraction of sp³-hybridized carbons (Fsp3) is 0.167. The summed E-state index contributed by atoms with van der Waals surface area (Å²) in [4.78, 5) is 22.8. The number of rotatable bonds is 4. The summed E-state index contributed by atoms with van der Waals surface area (Å²) < 4.78 is 9.11. The maximum Gasteiger partial charge on any atom is 0.412 e. The molecule has 1 N–H and O–H groups in total. The van der Waals surface area contributed by atoms with E-state index in [0.29, 0.717) is 5.56 Å². The van der Waals surface area contributed by atoms with E-state index in [1.165, 1.54) is 7.11 Å². The van der Waals surface area contributed by atoms with Gasteiger partial charge in [-0.05, 0) is 5.56 Å². The minimum absolute atomic E-state index is 0.572. The van der Waals surface area contributed by atoms with Gasteiger partial charge in [0.25, 0.3) is 0 Å². The third kappa shape index (κ3) is 3.64. The molecule has 5 nitrogen and oxygen atoms in total. The van der Waals surface area contributed by atoms with Gasteiger partial charge in [-0.15, -0.1) is 0 Å². The number of benzene rings is 1. The van der Waals surface area contributed by atoms with E-state index in [1.54, 1.807) is 30.3 Å². The summed E-state index contributed by atoms with van der Waals surface area (Å²) in [7, 11) is 1.25. The van der Waals surface area contributed by atoms with Crippen LogP contribution in [-0.2, 0) is 14.3 Å². The van der Waals surface area contributed by atoms with Crippen LogP contribution in [0.15, 0.2) is 43.2 Å². The lowest BCUT2D eigenvalue weighted by atomic mass is 10.1. The van der Waals surface area contributed by atoms with E-state index in [0.717, 1.165) is 6.26 Å². The molecule has 1 atom stereocenters. The molecule has 0 aromatic heterocycles. The molecule has 0 aliphatic carbocycles. The van der Waals surface area contributed by atoms with Gasteiger partial charge in [0.15, 0.2) is 6.04 Å². The molecule has 0 unspecified atom stereocenters. The molecule has 0 aliphatic rings. The van der Waals surface area contributed by atoms with Crippen molar-refractivity contribution in [1.29, 1.82) is 0 Å². The zero-order valence-corrected chi connectivity index (χ0v) is 9.38. The summed E-state index contributed by atoms with van der Waals surface area (Å²) in [6.45, 7) is 3.25. The average Bonchev–Trinajstić information content (AvgIpc) is 2.36. The van der Waals surface area contributed by atoms with Gasteiger partial charge < -0.3 is 14.8 Å². The van der Waals surface area contributed by atoms with Crippen molar-refractivity contribution in [3.05, 3.63) is 48.7 Å². The lowest BCUT2D eigenvalue weighted by molar-refractivity contribution is -0.143. The molecule has 90 valence electrons. The first-order chi connectivity index (χ1) is 8.19. The molecular weight excluding hydrogens is 222 g/mol. The summed E-state index contributed by atoms with van der Waals surface area (Å²) >= 11 is 0. The van der Waals surface area contributed by atoms with Crippen LogP contribution in [0.2, 0.25) is 0 Å². The highest BCUT2D eigenvalue weighted by Crippen LogP contribution is 2.14. The summed E-state index contributed by atoms with van der Waals surface area (Å²) in [6, 6.07) is 7.83. The van der Waals surface area contributed by atoms with E-state index in [9.17, 15) is 9.59 Å². The van der Waals surface area contributed by atoms with Crippen LogP contribution < -0.4 is 5.32 Å². The zero-order valence-electron chi connectivity index (χ0n) is 9.38. The van der Waals surface area contributed by atoms with Crippen LogP contribution in [0.5, 0.6) is 0 Å². The Labute approximate surface area is 99.0 Å². The summed E-state index contributed by atoms with van der Waals surface area (Å²) in [5.74, 6) is -0.572. The van der Waals surface area contributed by atoms with Crippen LogP contribution in [0.1, 0.15) is 11.6 Å². The molecule has 17 heavy (non-hydrogen) atoms. The summed E-state index contributed by atoms with van der Waals surface area (Å²) in [6.07, 6.45) is 0.216.